The number of rotatable bonds is 2. The van der Waals surface area contributed by atoms with Crippen molar-refractivity contribution in [2.24, 2.45) is 0 Å². The first-order valence-electron chi connectivity index (χ1n) is 3.92. The van der Waals surface area contributed by atoms with Crippen LogP contribution < -0.4 is 0 Å². The highest BCUT2D eigenvalue weighted by molar-refractivity contribution is 5.44. The number of nitrogens with zero attached hydrogens (tertiary/aromatic N) is 1. The van der Waals surface area contributed by atoms with Gasteiger partial charge in [0.25, 0.3) is 0 Å². The van der Waals surface area contributed by atoms with Crippen LogP contribution in [0.25, 0.3) is 0 Å². The van der Waals surface area contributed by atoms with Crippen LogP contribution in [0.1, 0.15) is 11.1 Å². The lowest BCUT2D eigenvalue weighted by Crippen LogP contribution is -2.11. The van der Waals surface area contributed by atoms with Crippen LogP contribution in [0, 0.1) is 6.92 Å². The molecule has 0 atom stereocenters. The lowest BCUT2D eigenvalue weighted by atomic mass is 10.1. The molecule has 1 aromatic rings. The van der Waals surface area contributed by atoms with E-state index in [0.717, 1.165) is 5.06 Å². The Morgan fingerprint density at radius 2 is 1.85 bits per heavy atom. The van der Waals surface area contributed by atoms with Crippen LogP contribution in [0.5, 0.6) is 11.5 Å². The molecule has 0 saturated carbocycles. The van der Waals surface area contributed by atoms with Gasteiger partial charge in [0, 0.05) is 18.7 Å². The summed E-state index contributed by atoms with van der Waals surface area (Å²) in [5.74, 6) is 0.0471. The number of phenolic OH excluding ortho intramolecular Hbond substituents is 2. The average Bonchev–Trinajstić information content (AvgIpc) is 1.99. The van der Waals surface area contributed by atoms with E-state index in [0.29, 0.717) is 11.1 Å². The average molecular weight is 183 g/mol. The minimum Gasteiger partial charge on any atom is -0.508 e. The molecule has 0 bridgehead atoms. The number of hydrogen-bond acceptors (Lipinski definition) is 4. The van der Waals surface area contributed by atoms with Gasteiger partial charge < -0.3 is 15.4 Å². The standard InChI is InChI=1S/C9H13NO3/c1-6-3-7(5-10(2)13)9(12)4-8(6)11/h3-4,11-13H,5H2,1-2H3. The Hall–Kier alpha value is -1.26. The zero-order chi connectivity index (χ0) is 10.0. The molecule has 4 nitrogen and oxygen atoms in total. The van der Waals surface area contributed by atoms with Crippen molar-refractivity contribution >= 4 is 0 Å². The highest BCUT2D eigenvalue weighted by Crippen LogP contribution is 2.27. The minimum absolute atomic E-state index is 0.0102. The first-order valence-corrected chi connectivity index (χ1v) is 3.92. The van der Waals surface area contributed by atoms with Gasteiger partial charge in [-0.3, -0.25) is 0 Å². The third-order valence-electron chi connectivity index (χ3n) is 1.80. The van der Waals surface area contributed by atoms with Gasteiger partial charge >= 0.3 is 0 Å². The molecule has 0 aliphatic carbocycles. The topological polar surface area (TPSA) is 63.9 Å². The molecule has 72 valence electrons. The summed E-state index contributed by atoms with van der Waals surface area (Å²) in [6, 6.07) is 2.91. The molecule has 0 unspecified atom stereocenters. The van der Waals surface area contributed by atoms with Crippen molar-refractivity contribution in [3.63, 3.8) is 0 Å². The zero-order valence-corrected chi connectivity index (χ0v) is 7.65. The van der Waals surface area contributed by atoms with Crippen LogP contribution in [-0.4, -0.2) is 27.5 Å². The van der Waals surface area contributed by atoms with Gasteiger partial charge in [-0.05, 0) is 18.6 Å². The van der Waals surface area contributed by atoms with E-state index in [9.17, 15) is 10.2 Å². The predicted octanol–water partition coefficient (Wildman–Crippen LogP) is 1.23. The van der Waals surface area contributed by atoms with Gasteiger partial charge in [0.05, 0.1) is 6.54 Å². The Balaban J connectivity index is 3.01. The lowest BCUT2D eigenvalue weighted by molar-refractivity contribution is -0.0735. The first kappa shape index (κ1) is 9.83. The fourth-order valence-corrected chi connectivity index (χ4v) is 1.12. The number of hydroxylamine groups is 2. The van der Waals surface area contributed by atoms with Gasteiger partial charge in [-0.1, -0.05) is 0 Å². The Morgan fingerprint density at radius 1 is 1.23 bits per heavy atom. The summed E-state index contributed by atoms with van der Waals surface area (Å²) in [7, 11) is 1.49. The molecule has 4 heteroatoms. The quantitative estimate of drug-likeness (QED) is 0.603. The van der Waals surface area contributed by atoms with E-state index in [1.807, 2.05) is 0 Å². The summed E-state index contributed by atoms with van der Waals surface area (Å²) >= 11 is 0. The van der Waals surface area contributed by atoms with E-state index in [4.69, 9.17) is 5.21 Å². The van der Waals surface area contributed by atoms with Crippen molar-refractivity contribution < 1.29 is 15.4 Å². The Bertz CT molecular complexity index is 310. The summed E-state index contributed by atoms with van der Waals surface area (Å²) in [6.07, 6.45) is 0. The molecular weight excluding hydrogens is 170 g/mol. The lowest BCUT2D eigenvalue weighted by Gasteiger charge is -2.11. The second-order valence-electron chi connectivity index (χ2n) is 3.08. The summed E-state index contributed by atoms with van der Waals surface area (Å²) in [6.45, 7) is 1.96. The second kappa shape index (κ2) is 3.64. The molecule has 0 radical (unpaired) electrons. The van der Waals surface area contributed by atoms with Crippen LogP contribution >= 0.6 is 0 Å². The second-order valence-corrected chi connectivity index (χ2v) is 3.08. The van der Waals surface area contributed by atoms with E-state index in [-0.39, 0.29) is 18.0 Å². The smallest absolute Gasteiger partial charge is 0.123 e. The van der Waals surface area contributed by atoms with E-state index < -0.39 is 0 Å². The van der Waals surface area contributed by atoms with Gasteiger partial charge in [0.2, 0.25) is 0 Å². The van der Waals surface area contributed by atoms with Crippen LogP contribution in [0.4, 0.5) is 0 Å². The molecule has 1 aromatic carbocycles. The third-order valence-corrected chi connectivity index (χ3v) is 1.80. The SMILES string of the molecule is Cc1cc(CN(C)O)c(O)cc1O. The molecule has 1 rings (SSSR count). The fraction of sp³-hybridized carbons (Fsp3) is 0.333. The molecule has 13 heavy (non-hydrogen) atoms. The normalized spacial score (nSPS) is 10.8. The van der Waals surface area contributed by atoms with Crippen molar-refractivity contribution in [2.45, 2.75) is 13.5 Å². The Labute approximate surface area is 76.6 Å². The summed E-state index contributed by atoms with van der Waals surface area (Å²) in [5.41, 5.74) is 1.26. The largest absolute Gasteiger partial charge is 0.508 e. The van der Waals surface area contributed by atoms with Crippen LogP contribution in [0.15, 0.2) is 12.1 Å². The van der Waals surface area contributed by atoms with E-state index >= 15 is 0 Å². The summed E-state index contributed by atoms with van der Waals surface area (Å²) < 4.78 is 0. The Morgan fingerprint density at radius 3 is 2.38 bits per heavy atom. The van der Waals surface area contributed by atoms with Crippen molar-refractivity contribution in [3.05, 3.63) is 23.3 Å². The van der Waals surface area contributed by atoms with E-state index in [1.165, 1.54) is 13.1 Å². The number of hydrogen-bond donors (Lipinski definition) is 3. The predicted molar refractivity (Wildman–Crippen MR) is 47.8 cm³/mol. The van der Waals surface area contributed by atoms with E-state index in [1.54, 1.807) is 13.0 Å². The van der Waals surface area contributed by atoms with Gasteiger partial charge in [-0.15, -0.1) is 0 Å². The van der Waals surface area contributed by atoms with E-state index in [2.05, 4.69) is 0 Å². The highest BCUT2D eigenvalue weighted by atomic mass is 16.5. The van der Waals surface area contributed by atoms with Crippen molar-refractivity contribution in [2.75, 3.05) is 7.05 Å². The maximum atomic E-state index is 9.37. The molecule has 0 aliphatic heterocycles. The number of aromatic hydroxyl groups is 2. The van der Waals surface area contributed by atoms with Crippen molar-refractivity contribution in [1.29, 1.82) is 0 Å². The van der Waals surface area contributed by atoms with Crippen molar-refractivity contribution in [1.82, 2.24) is 5.06 Å². The molecule has 0 aromatic heterocycles. The maximum absolute atomic E-state index is 9.37. The summed E-state index contributed by atoms with van der Waals surface area (Å²) in [5, 5.41) is 28.5. The summed E-state index contributed by atoms with van der Waals surface area (Å²) in [4.78, 5) is 0. The molecule has 0 aliphatic rings. The molecule has 3 N–H and O–H groups in total. The van der Waals surface area contributed by atoms with Gasteiger partial charge in [0.1, 0.15) is 11.5 Å². The highest BCUT2D eigenvalue weighted by Gasteiger charge is 2.06. The van der Waals surface area contributed by atoms with Gasteiger partial charge in [0.15, 0.2) is 0 Å². The van der Waals surface area contributed by atoms with Crippen LogP contribution in [-0.2, 0) is 6.54 Å². The maximum Gasteiger partial charge on any atom is 0.123 e. The molecule has 0 spiro atoms. The van der Waals surface area contributed by atoms with Crippen LogP contribution in [0.2, 0.25) is 0 Å². The molecular formula is C9H13NO3. The monoisotopic (exact) mass is 183 g/mol. The minimum atomic E-state index is -0.0102. The molecule has 0 fully saturated rings. The van der Waals surface area contributed by atoms with Crippen molar-refractivity contribution in [3.8, 4) is 11.5 Å². The Kier molecular flexibility index (Phi) is 2.75. The van der Waals surface area contributed by atoms with Gasteiger partial charge in [-0.2, -0.15) is 5.06 Å². The first-order chi connectivity index (χ1) is 6.00. The third kappa shape index (κ3) is 2.34. The zero-order valence-electron chi connectivity index (χ0n) is 7.65. The molecule has 0 saturated heterocycles. The molecule has 0 heterocycles. The fourth-order valence-electron chi connectivity index (χ4n) is 1.12. The number of benzene rings is 1. The number of aryl methyl sites for hydroxylation is 1. The van der Waals surface area contributed by atoms with Gasteiger partial charge in [-0.25, -0.2) is 0 Å². The molecule has 0 amide bonds. The number of phenols is 2. The van der Waals surface area contributed by atoms with Crippen LogP contribution in [0.3, 0.4) is 0 Å².